The average molecular weight is 312 g/mol. The molecule has 0 aliphatic carbocycles. The number of carbonyl (C=O) groups is 2. The topological polar surface area (TPSA) is 67.4 Å². The largest absolute Gasteiger partial charge is 0.495 e. The number of amides is 2. The molecule has 2 aromatic carbocycles. The smallest absolute Gasteiger partial charge is 0.256 e. The first-order valence-corrected chi connectivity index (χ1v) is 7.25. The van der Waals surface area contributed by atoms with Crippen LogP contribution in [0.3, 0.4) is 0 Å². The van der Waals surface area contributed by atoms with E-state index in [1.54, 1.807) is 24.3 Å². The number of aryl methyl sites for hydroxylation is 1. The maximum Gasteiger partial charge on any atom is 0.256 e. The Morgan fingerprint density at radius 1 is 1.04 bits per heavy atom. The van der Waals surface area contributed by atoms with Gasteiger partial charge in [-0.2, -0.15) is 0 Å². The first kappa shape index (κ1) is 16.5. The van der Waals surface area contributed by atoms with Gasteiger partial charge in [-0.15, -0.1) is 0 Å². The van der Waals surface area contributed by atoms with Crippen LogP contribution in [0, 0.1) is 13.8 Å². The Bertz CT molecular complexity index is 754. The normalized spacial score (nSPS) is 10.1. The van der Waals surface area contributed by atoms with Crippen LogP contribution in [-0.2, 0) is 4.79 Å². The van der Waals surface area contributed by atoms with Gasteiger partial charge < -0.3 is 15.4 Å². The maximum atomic E-state index is 12.5. The van der Waals surface area contributed by atoms with Gasteiger partial charge in [0.1, 0.15) is 5.75 Å². The van der Waals surface area contributed by atoms with Crippen LogP contribution in [0.2, 0.25) is 0 Å². The Morgan fingerprint density at radius 2 is 1.78 bits per heavy atom. The summed E-state index contributed by atoms with van der Waals surface area (Å²) in [4.78, 5) is 23.7. The number of hydrogen-bond acceptors (Lipinski definition) is 3. The lowest BCUT2D eigenvalue weighted by Crippen LogP contribution is -2.15. The summed E-state index contributed by atoms with van der Waals surface area (Å²) in [6.45, 7) is 5.30. The molecule has 5 nitrogen and oxygen atoms in total. The second-order valence-corrected chi connectivity index (χ2v) is 5.30. The van der Waals surface area contributed by atoms with Crippen LogP contribution in [0.25, 0.3) is 0 Å². The molecule has 2 N–H and O–H groups in total. The molecule has 0 fully saturated rings. The summed E-state index contributed by atoms with van der Waals surface area (Å²) in [5.41, 5.74) is 3.69. The van der Waals surface area contributed by atoms with E-state index < -0.39 is 0 Å². The first-order chi connectivity index (χ1) is 10.9. The maximum absolute atomic E-state index is 12.5. The van der Waals surface area contributed by atoms with Crippen molar-refractivity contribution < 1.29 is 14.3 Å². The van der Waals surface area contributed by atoms with E-state index in [4.69, 9.17) is 4.74 Å². The van der Waals surface area contributed by atoms with Gasteiger partial charge >= 0.3 is 0 Å². The summed E-state index contributed by atoms with van der Waals surface area (Å²) >= 11 is 0. The lowest BCUT2D eigenvalue weighted by Gasteiger charge is -2.14. The molecule has 0 atom stereocenters. The summed E-state index contributed by atoms with van der Waals surface area (Å²) in [6, 6.07) is 10.7. The Morgan fingerprint density at radius 3 is 2.43 bits per heavy atom. The van der Waals surface area contributed by atoms with Gasteiger partial charge in [-0.1, -0.05) is 12.1 Å². The quantitative estimate of drug-likeness (QED) is 0.907. The summed E-state index contributed by atoms with van der Waals surface area (Å²) in [5, 5.41) is 5.53. The van der Waals surface area contributed by atoms with Crippen molar-refractivity contribution in [3.63, 3.8) is 0 Å². The van der Waals surface area contributed by atoms with E-state index >= 15 is 0 Å². The van der Waals surface area contributed by atoms with Crippen LogP contribution >= 0.6 is 0 Å². The highest BCUT2D eigenvalue weighted by atomic mass is 16.5. The van der Waals surface area contributed by atoms with Crippen molar-refractivity contribution in [3.05, 3.63) is 53.1 Å². The van der Waals surface area contributed by atoms with Crippen molar-refractivity contribution in [3.8, 4) is 5.75 Å². The molecule has 0 heterocycles. The second kappa shape index (κ2) is 6.96. The van der Waals surface area contributed by atoms with Crippen LogP contribution < -0.4 is 15.4 Å². The molecule has 0 radical (unpaired) electrons. The third-order valence-corrected chi connectivity index (χ3v) is 3.62. The highest BCUT2D eigenvalue weighted by Gasteiger charge is 2.13. The SMILES string of the molecule is COc1ccc(NC(C)=O)cc1NC(=O)c1cccc(C)c1C. The van der Waals surface area contributed by atoms with Crippen LogP contribution in [-0.4, -0.2) is 18.9 Å². The highest BCUT2D eigenvalue weighted by molar-refractivity contribution is 6.06. The summed E-state index contributed by atoms with van der Waals surface area (Å²) < 4.78 is 5.27. The second-order valence-electron chi connectivity index (χ2n) is 5.30. The number of ether oxygens (including phenoxy) is 1. The molecule has 2 rings (SSSR count). The molecule has 0 unspecified atom stereocenters. The van der Waals surface area contributed by atoms with Crippen molar-refractivity contribution in [2.45, 2.75) is 20.8 Å². The lowest BCUT2D eigenvalue weighted by atomic mass is 10.0. The number of hydrogen-bond donors (Lipinski definition) is 2. The third-order valence-electron chi connectivity index (χ3n) is 3.62. The fourth-order valence-electron chi connectivity index (χ4n) is 2.27. The van der Waals surface area contributed by atoms with E-state index in [0.717, 1.165) is 11.1 Å². The molecular weight excluding hydrogens is 292 g/mol. The van der Waals surface area contributed by atoms with Gasteiger partial charge in [-0.25, -0.2) is 0 Å². The standard InChI is InChI=1S/C18H20N2O3/c1-11-6-5-7-15(12(11)2)18(22)20-16-10-14(19-13(3)21)8-9-17(16)23-4/h5-10H,1-4H3,(H,19,21)(H,20,22). The van der Waals surface area contributed by atoms with Crippen molar-refractivity contribution in [1.29, 1.82) is 0 Å². The van der Waals surface area contributed by atoms with Crippen molar-refractivity contribution in [2.75, 3.05) is 17.7 Å². The van der Waals surface area contributed by atoms with E-state index in [0.29, 0.717) is 22.7 Å². The molecule has 0 aliphatic heterocycles. The Hall–Kier alpha value is -2.82. The molecular formula is C18H20N2O3. The predicted molar refractivity (Wildman–Crippen MR) is 91.2 cm³/mol. The van der Waals surface area contributed by atoms with Gasteiger partial charge in [-0.05, 0) is 49.2 Å². The van der Waals surface area contributed by atoms with Crippen LogP contribution in [0.5, 0.6) is 5.75 Å². The van der Waals surface area contributed by atoms with Gasteiger partial charge in [0.2, 0.25) is 5.91 Å². The van der Waals surface area contributed by atoms with Gasteiger partial charge in [-0.3, -0.25) is 9.59 Å². The minimum absolute atomic E-state index is 0.179. The molecule has 23 heavy (non-hydrogen) atoms. The van der Waals surface area contributed by atoms with E-state index in [-0.39, 0.29) is 11.8 Å². The summed E-state index contributed by atoms with van der Waals surface area (Å²) in [5.74, 6) is 0.129. The van der Waals surface area contributed by atoms with Gasteiger partial charge in [0, 0.05) is 18.2 Å². The van der Waals surface area contributed by atoms with Crippen molar-refractivity contribution >= 4 is 23.2 Å². The van der Waals surface area contributed by atoms with Crippen molar-refractivity contribution in [1.82, 2.24) is 0 Å². The third kappa shape index (κ3) is 3.88. The molecule has 120 valence electrons. The molecule has 2 amide bonds. The fourth-order valence-corrected chi connectivity index (χ4v) is 2.27. The van der Waals surface area contributed by atoms with Gasteiger partial charge in [0.25, 0.3) is 5.91 Å². The number of anilines is 2. The minimum atomic E-state index is -0.218. The molecule has 0 bridgehead atoms. The Kier molecular flexibility index (Phi) is 5.01. The number of rotatable bonds is 4. The number of nitrogens with one attached hydrogen (secondary N) is 2. The van der Waals surface area contributed by atoms with Gasteiger partial charge in [0.15, 0.2) is 0 Å². The Labute approximate surface area is 135 Å². The summed E-state index contributed by atoms with van der Waals surface area (Å²) in [6.07, 6.45) is 0. The van der Waals surface area contributed by atoms with Crippen LogP contribution in [0.4, 0.5) is 11.4 Å². The minimum Gasteiger partial charge on any atom is -0.495 e. The zero-order valence-electron chi connectivity index (χ0n) is 13.7. The predicted octanol–water partition coefficient (Wildman–Crippen LogP) is 3.52. The van der Waals surface area contributed by atoms with E-state index in [9.17, 15) is 9.59 Å². The van der Waals surface area contributed by atoms with E-state index in [1.165, 1.54) is 14.0 Å². The number of carbonyl (C=O) groups excluding carboxylic acids is 2. The molecule has 5 heteroatoms. The van der Waals surface area contributed by atoms with Crippen molar-refractivity contribution in [2.24, 2.45) is 0 Å². The average Bonchev–Trinajstić information content (AvgIpc) is 2.49. The highest BCUT2D eigenvalue weighted by Crippen LogP contribution is 2.28. The fraction of sp³-hybridized carbons (Fsp3) is 0.222. The molecule has 0 saturated carbocycles. The monoisotopic (exact) mass is 312 g/mol. The molecule has 0 saturated heterocycles. The zero-order valence-corrected chi connectivity index (χ0v) is 13.7. The van der Waals surface area contributed by atoms with E-state index in [1.807, 2.05) is 26.0 Å². The molecule has 0 aliphatic rings. The first-order valence-electron chi connectivity index (χ1n) is 7.25. The zero-order chi connectivity index (χ0) is 17.0. The molecule has 2 aromatic rings. The summed E-state index contributed by atoms with van der Waals surface area (Å²) in [7, 11) is 1.53. The molecule has 0 spiro atoms. The lowest BCUT2D eigenvalue weighted by molar-refractivity contribution is -0.114. The molecule has 0 aromatic heterocycles. The van der Waals surface area contributed by atoms with Crippen LogP contribution in [0.15, 0.2) is 36.4 Å². The number of benzene rings is 2. The van der Waals surface area contributed by atoms with Crippen LogP contribution in [0.1, 0.15) is 28.4 Å². The number of methoxy groups -OCH3 is 1. The Balaban J connectivity index is 2.32. The van der Waals surface area contributed by atoms with E-state index in [2.05, 4.69) is 10.6 Å². The van der Waals surface area contributed by atoms with Gasteiger partial charge in [0.05, 0.1) is 12.8 Å².